The van der Waals surface area contributed by atoms with Gasteiger partial charge in [-0.1, -0.05) is 6.92 Å². The van der Waals surface area contributed by atoms with E-state index in [0.717, 1.165) is 6.61 Å². The third kappa shape index (κ3) is 2.18. The monoisotopic (exact) mass is 89.1 g/mol. The van der Waals surface area contributed by atoms with Gasteiger partial charge in [-0.25, -0.2) is 0 Å². The van der Waals surface area contributed by atoms with Crippen LogP contribution in [0.3, 0.4) is 0 Å². The molecular formula is C4H9O2. The van der Waals surface area contributed by atoms with Crippen molar-refractivity contribution in [2.45, 2.75) is 6.92 Å². The Labute approximate surface area is 37.4 Å². The van der Waals surface area contributed by atoms with Gasteiger partial charge in [-0.15, -0.1) is 0 Å². The third-order valence-electron chi connectivity index (χ3n) is 0.542. The lowest BCUT2D eigenvalue weighted by Gasteiger charge is -1.96. The fourth-order valence-corrected chi connectivity index (χ4v) is 0.0471. The maximum atomic E-state index is 8.14. The highest BCUT2D eigenvalue weighted by Gasteiger charge is 1.92. The van der Waals surface area contributed by atoms with E-state index in [4.69, 9.17) is 10.2 Å². The van der Waals surface area contributed by atoms with Gasteiger partial charge in [0.15, 0.2) is 0 Å². The standard InChI is InChI=1S/C4H9O2/c1-4(2-5)3-6/h2,4-6H,3H2,1H3. The second kappa shape index (κ2) is 3.12. The molecule has 0 fully saturated rings. The first-order chi connectivity index (χ1) is 2.81. The third-order valence-corrected chi connectivity index (χ3v) is 0.542. The van der Waals surface area contributed by atoms with E-state index in [1.54, 1.807) is 6.92 Å². The van der Waals surface area contributed by atoms with Crippen molar-refractivity contribution in [3.63, 3.8) is 0 Å². The van der Waals surface area contributed by atoms with Crippen LogP contribution in [0.25, 0.3) is 0 Å². The molecule has 0 heterocycles. The first-order valence-corrected chi connectivity index (χ1v) is 1.89. The Morgan fingerprint density at radius 2 is 2.33 bits per heavy atom. The largest absolute Gasteiger partial charge is 0.396 e. The van der Waals surface area contributed by atoms with Gasteiger partial charge in [-0.2, -0.15) is 0 Å². The summed E-state index contributed by atoms with van der Waals surface area (Å²) in [5.74, 6) is -0.0787. The smallest absolute Gasteiger partial charge is 0.0849 e. The van der Waals surface area contributed by atoms with Gasteiger partial charge in [0.05, 0.1) is 6.61 Å². The molecule has 0 aliphatic rings. The Morgan fingerprint density at radius 3 is 2.33 bits per heavy atom. The zero-order valence-electron chi connectivity index (χ0n) is 3.76. The molecule has 6 heavy (non-hydrogen) atoms. The van der Waals surface area contributed by atoms with Gasteiger partial charge < -0.3 is 10.2 Å². The highest BCUT2D eigenvalue weighted by Crippen LogP contribution is 1.91. The number of rotatable bonds is 2. The minimum atomic E-state index is -0.0787. The van der Waals surface area contributed by atoms with Crippen molar-refractivity contribution in [1.82, 2.24) is 0 Å². The quantitative estimate of drug-likeness (QED) is 0.505. The summed E-state index contributed by atoms with van der Waals surface area (Å²) < 4.78 is 0. The first-order valence-electron chi connectivity index (χ1n) is 1.89. The summed E-state index contributed by atoms with van der Waals surface area (Å²) in [6.07, 6.45) is 0. The SMILES string of the molecule is CC([CH]O)CO. The maximum Gasteiger partial charge on any atom is 0.0849 e. The van der Waals surface area contributed by atoms with E-state index in [-0.39, 0.29) is 12.5 Å². The van der Waals surface area contributed by atoms with Gasteiger partial charge in [-0.05, 0) is 0 Å². The van der Waals surface area contributed by atoms with Crippen molar-refractivity contribution in [2.24, 2.45) is 5.92 Å². The van der Waals surface area contributed by atoms with Crippen molar-refractivity contribution < 1.29 is 10.2 Å². The number of hydrogen-bond donors (Lipinski definition) is 2. The minimum Gasteiger partial charge on any atom is -0.396 e. The topological polar surface area (TPSA) is 40.5 Å². The fraction of sp³-hybridized carbons (Fsp3) is 0.750. The van der Waals surface area contributed by atoms with E-state index in [9.17, 15) is 0 Å². The molecule has 0 rings (SSSR count). The summed E-state index contributed by atoms with van der Waals surface area (Å²) in [6, 6.07) is 0. The molecule has 0 aromatic heterocycles. The van der Waals surface area contributed by atoms with Gasteiger partial charge >= 0.3 is 0 Å². The highest BCUT2D eigenvalue weighted by molar-refractivity contribution is 4.55. The maximum absolute atomic E-state index is 8.14. The van der Waals surface area contributed by atoms with E-state index in [2.05, 4.69) is 0 Å². The lowest BCUT2D eigenvalue weighted by atomic mass is 10.2. The predicted octanol–water partition coefficient (Wildman–Crippen LogP) is 0.149. The van der Waals surface area contributed by atoms with Crippen molar-refractivity contribution in [3.05, 3.63) is 6.61 Å². The van der Waals surface area contributed by atoms with Crippen molar-refractivity contribution in [2.75, 3.05) is 6.61 Å². The molecule has 0 aliphatic carbocycles. The van der Waals surface area contributed by atoms with Gasteiger partial charge in [-0.3, -0.25) is 0 Å². The van der Waals surface area contributed by atoms with Crippen molar-refractivity contribution in [3.8, 4) is 0 Å². The number of aliphatic hydroxyl groups is 2. The van der Waals surface area contributed by atoms with Gasteiger partial charge in [0.1, 0.15) is 0 Å². The normalized spacial score (nSPS) is 10.0. The molecule has 2 heteroatoms. The van der Waals surface area contributed by atoms with E-state index in [0.29, 0.717) is 0 Å². The molecule has 1 atom stereocenters. The fourth-order valence-electron chi connectivity index (χ4n) is 0.0471. The molecule has 2 N–H and O–H groups in total. The molecule has 0 aliphatic heterocycles. The van der Waals surface area contributed by atoms with Gasteiger partial charge in [0, 0.05) is 12.5 Å². The molecule has 0 aromatic rings. The van der Waals surface area contributed by atoms with Crippen molar-refractivity contribution in [1.29, 1.82) is 0 Å². The molecule has 1 unspecified atom stereocenters. The summed E-state index contributed by atoms with van der Waals surface area (Å²) in [6.45, 7) is 2.72. The van der Waals surface area contributed by atoms with Crippen LogP contribution in [0.4, 0.5) is 0 Å². The molecule has 37 valence electrons. The zero-order valence-corrected chi connectivity index (χ0v) is 3.76. The molecule has 0 aromatic carbocycles. The Morgan fingerprint density at radius 1 is 1.83 bits per heavy atom. The van der Waals surface area contributed by atoms with Gasteiger partial charge in [0.2, 0.25) is 0 Å². The average molecular weight is 89.1 g/mol. The van der Waals surface area contributed by atoms with Crippen LogP contribution in [0.1, 0.15) is 6.92 Å². The van der Waals surface area contributed by atoms with E-state index in [1.165, 1.54) is 0 Å². The summed E-state index contributed by atoms with van der Waals surface area (Å²) in [4.78, 5) is 0. The van der Waals surface area contributed by atoms with Crippen LogP contribution >= 0.6 is 0 Å². The summed E-state index contributed by atoms with van der Waals surface area (Å²) in [7, 11) is 0. The van der Waals surface area contributed by atoms with E-state index < -0.39 is 0 Å². The van der Waals surface area contributed by atoms with E-state index in [1.807, 2.05) is 0 Å². The first kappa shape index (κ1) is 5.92. The number of hydrogen-bond acceptors (Lipinski definition) is 2. The highest BCUT2D eigenvalue weighted by atomic mass is 16.3. The molecule has 0 saturated heterocycles. The Hall–Kier alpha value is -0.0800. The zero-order chi connectivity index (χ0) is 4.99. The van der Waals surface area contributed by atoms with E-state index >= 15 is 0 Å². The molecule has 0 spiro atoms. The van der Waals surface area contributed by atoms with Crippen LogP contribution in [0.15, 0.2) is 0 Å². The number of aliphatic hydroxyl groups excluding tert-OH is 2. The Kier molecular flexibility index (Phi) is 3.08. The average Bonchev–Trinajstić information content (AvgIpc) is 1.65. The molecule has 2 nitrogen and oxygen atoms in total. The van der Waals surface area contributed by atoms with Crippen molar-refractivity contribution >= 4 is 0 Å². The second-order valence-electron chi connectivity index (χ2n) is 1.31. The molecule has 0 saturated carbocycles. The summed E-state index contributed by atoms with van der Waals surface area (Å²) in [5.41, 5.74) is 0. The molecule has 0 bridgehead atoms. The lowest BCUT2D eigenvalue weighted by molar-refractivity contribution is 0.208. The van der Waals surface area contributed by atoms with Crippen LogP contribution in [0.2, 0.25) is 0 Å². The van der Waals surface area contributed by atoms with Crippen LogP contribution in [-0.4, -0.2) is 16.8 Å². The van der Waals surface area contributed by atoms with Crippen LogP contribution in [0, 0.1) is 12.5 Å². The molecule has 0 amide bonds. The predicted molar refractivity (Wildman–Crippen MR) is 22.5 cm³/mol. The Bertz CT molecular complexity index is 24.7. The van der Waals surface area contributed by atoms with Crippen LogP contribution in [0.5, 0.6) is 0 Å². The molecule has 1 radical (unpaired) electrons. The summed E-state index contributed by atoms with van der Waals surface area (Å²) in [5, 5.41) is 16.2. The summed E-state index contributed by atoms with van der Waals surface area (Å²) >= 11 is 0. The Balaban J connectivity index is 2.75. The molecular weight excluding hydrogens is 80.0 g/mol. The van der Waals surface area contributed by atoms with Crippen LogP contribution in [-0.2, 0) is 0 Å². The minimum absolute atomic E-state index is 0.0243. The lowest BCUT2D eigenvalue weighted by Crippen LogP contribution is -1.98. The van der Waals surface area contributed by atoms with Gasteiger partial charge in [0.25, 0.3) is 0 Å². The second-order valence-corrected chi connectivity index (χ2v) is 1.31. The van der Waals surface area contributed by atoms with Crippen LogP contribution < -0.4 is 0 Å².